The van der Waals surface area contributed by atoms with E-state index in [4.69, 9.17) is 28.0 Å². The van der Waals surface area contributed by atoms with E-state index < -0.39 is 6.61 Å². The molecule has 0 aliphatic heterocycles. The summed E-state index contributed by atoms with van der Waals surface area (Å²) in [6, 6.07) is 10.8. The van der Waals surface area contributed by atoms with E-state index in [9.17, 15) is 13.6 Å². The molecular formula is C17H14Cl2F2N2O3. The van der Waals surface area contributed by atoms with Gasteiger partial charge < -0.3 is 14.9 Å². The van der Waals surface area contributed by atoms with Gasteiger partial charge in [0.05, 0.1) is 6.21 Å². The van der Waals surface area contributed by atoms with Gasteiger partial charge in [0.2, 0.25) is 0 Å². The number of nitrogens with zero attached hydrogens (tertiary/aromatic N) is 1. The predicted molar refractivity (Wildman–Crippen MR) is 94.9 cm³/mol. The van der Waals surface area contributed by atoms with Crippen molar-refractivity contribution < 1.29 is 23.1 Å². The maximum atomic E-state index is 12.0. The van der Waals surface area contributed by atoms with Gasteiger partial charge in [-0.25, -0.2) is 0 Å². The Bertz CT molecular complexity index is 771. The Morgan fingerprint density at radius 2 is 1.92 bits per heavy atom. The van der Waals surface area contributed by atoms with Gasteiger partial charge in [0.15, 0.2) is 6.61 Å². The molecule has 0 saturated carbocycles. The molecule has 0 unspecified atom stereocenters. The van der Waals surface area contributed by atoms with E-state index >= 15 is 0 Å². The number of oxime groups is 1. The first kappa shape index (κ1) is 19.9. The molecule has 2 aromatic rings. The Morgan fingerprint density at radius 3 is 2.58 bits per heavy atom. The normalized spacial score (nSPS) is 11.0. The van der Waals surface area contributed by atoms with Crippen molar-refractivity contribution >= 4 is 35.3 Å². The molecule has 0 spiro atoms. The maximum absolute atomic E-state index is 12.0. The van der Waals surface area contributed by atoms with Crippen LogP contribution >= 0.6 is 23.2 Å². The predicted octanol–water partition coefficient (Wildman–Crippen LogP) is 4.26. The van der Waals surface area contributed by atoms with Gasteiger partial charge in [-0.2, -0.15) is 8.78 Å². The van der Waals surface area contributed by atoms with E-state index in [0.717, 1.165) is 5.56 Å². The quantitative estimate of drug-likeness (QED) is 0.529. The largest absolute Gasteiger partial charge is 0.435 e. The summed E-state index contributed by atoms with van der Waals surface area (Å²) in [5.74, 6) is -0.341. The highest BCUT2D eigenvalue weighted by Crippen LogP contribution is 2.20. The lowest BCUT2D eigenvalue weighted by atomic mass is 10.2. The van der Waals surface area contributed by atoms with Gasteiger partial charge in [0.1, 0.15) is 5.75 Å². The summed E-state index contributed by atoms with van der Waals surface area (Å²) in [4.78, 5) is 16.6. The molecule has 5 nitrogen and oxygen atoms in total. The average Bonchev–Trinajstić information content (AvgIpc) is 2.59. The van der Waals surface area contributed by atoms with Crippen LogP contribution in [-0.4, -0.2) is 25.3 Å². The highest BCUT2D eigenvalue weighted by Gasteiger charge is 2.05. The Labute approximate surface area is 158 Å². The number of benzene rings is 2. The first-order valence-electron chi connectivity index (χ1n) is 7.35. The van der Waals surface area contributed by atoms with Crippen molar-refractivity contribution in [2.24, 2.45) is 5.16 Å². The minimum atomic E-state index is -2.88. The first-order valence-corrected chi connectivity index (χ1v) is 8.10. The van der Waals surface area contributed by atoms with Crippen LogP contribution in [-0.2, 0) is 16.2 Å². The fraction of sp³-hybridized carbons (Fsp3) is 0.176. The summed E-state index contributed by atoms with van der Waals surface area (Å²) in [7, 11) is 0. The minimum Gasteiger partial charge on any atom is -0.435 e. The van der Waals surface area contributed by atoms with Crippen LogP contribution < -0.4 is 10.1 Å². The molecule has 2 aromatic carbocycles. The third-order valence-corrected chi connectivity index (χ3v) is 3.66. The zero-order valence-electron chi connectivity index (χ0n) is 13.3. The number of hydrogen-bond acceptors (Lipinski definition) is 4. The average molecular weight is 403 g/mol. The molecule has 1 N–H and O–H groups in total. The number of ether oxygens (including phenoxy) is 1. The van der Waals surface area contributed by atoms with Crippen LogP contribution in [0.3, 0.4) is 0 Å². The monoisotopic (exact) mass is 402 g/mol. The molecule has 0 radical (unpaired) electrons. The van der Waals surface area contributed by atoms with Gasteiger partial charge in [-0.15, -0.1) is 0 Å². The van der Waals surface area contributed by atoms with E-state index in [0.29, 0.717) is 15.6 Å². The molecule has 0 atom stereocenters. The van der Waals surface area contributed by atoms with E-state index in [2.05, 4.69) is 15.2 Å². The van der Waals surface area contributed by atoms with E-state index in [1.54, 1.807) is 18.2 Å². The zero-order valence-corrected chi connectivity index (χ0v) is 14.8. The summed E-state index contributed by atoms with van der Waals surface area (Å²) in [6.45, 7) is -2.93. The SMILES string of the molecule is O=C(CO/N=C/c1ccc(OC(F)F)cc1)NCc1ccc(Cl)cc1Cl. The summed E-state index contributed by atoms with van der Waals surface area (Å²) in [5, 5.41) is 7.23. The summed E-state index contributed by atoms with van der Waals surface area (Å²) >= 11 is 11.8. The highest BCUT2D eigenvalue weighted by atomic mass is 35.5. The number of alkyl halides is 2. The number of carbonyl (C=O) groups excluding carboxylic acids is 1. The fourth-order valence-corrected chi connectivity index (χ4v) is 2.31. The standard InChI is InChI=1S/C17H14Cl2F2N2O3/c18-13-4-3-12(15(19)7-13)9-22-16(24)10-25-23-8-11-1-5-14(6-2-11)26-17(20)21/h1-8,17H,9-10H2,(H,22,24)/b23-8+. The molecule has 9 heteroatoms. The second-order valence-corrected chi connectivity index (χ2v) is 5.81. The Morgan fingerprint density at radius 1 is 1.19 bits per heavy atom. The van der Waals surface area contributed by atoms with Crippen LogP contribution in [0.15, 0.2) is 47.6 Å². The molecular weight excluding hydrogens is 389 g/mol. The number of rotatable bonds is 8. The van der Waals surface area contributed by atoms with E-state index in [1.165, 1.54) is 30.5 Å². The lowest BCUT2D eigenvalue weighted by Crippen LogP contribution is -2.26. The Kier molecular flexibility index (Phi) is 7.62. The molecule has 138 valence electrons. The van der Waals surface area contributed by atoms with Crippen LogP contribution in [0.25, 0.3) is 0 Å². The van der Waals surface area contributed by atoms with Gasteiger partial charge in [0.25, 0.3) is 5.91 Å². The number of amides is 1. The molecule has 0 aliphatic rings. The molecule has 2 rings (SSSR count). The second kappa shape index (κ2) is 9.94. The third-order valence-electron chi connectivity index (χ3n) is 3.07. The number of carbonyl (C=O) groups is 1. The van der Waals surface area contributed by atoms with Gasteiger partial charge in [-0.05, 0) is 47.5 Å². The van der Waals surface area contributed by atoms with Crippen LogP contribution in [0.5, 0.6) is 5.75 Å². The van der Waals surface area contributed by atoms with Gasteiger partial charge in [0, 0.05) is 16.6 Å². The Hall–Kier alpha value is -2.38. The first-order chi connectivity index (χ1) is 12.4. The van der Waals surface area contributed by atoms with Gasteiger partial charge >= 0.3 is 6.61 Å². The minimum absolute atomic E-state index is 0.0401. The van der Waals surface area contributed by atoms with Gasteiger partial charge in [-0.1, -0.05) is 34.4 Å². The molecule has 0 fully saturated rings. The summed E-state index contributed by atoms with van der Waals surface area (Å²) < 4.78 is 28.3. The molecule has 0 aromatic heterocycles. The van der Waals surface area contributed by atoms with Crippen molar-refractivity contribution in [3.63, 3.8) is 0 Å². The molecule has 0 saturated heterocycles. The molecule has 0 bridgehead atoms. The number of hydrogen-bond donors (Lipinski definition) is 1. The molecule has 26 heavy (non-hydrogen) atoms. The van der Waals surface area contributed by atoms with Crippen LogP contribution in [0.1, 0.15) is 11.1 Å². The fourth-order valence-electron chi connectivity index (χ4n) is 1.84. The lowest BCUT2D eigenvalue weighted by molar-refractivity contribution is -0.125. The summed E-state index contributed by atoms with van der Waals surface area (Å²) in [6.07, 6.45) is 1.34. The summed E-state index contributed by atoms with van der Waals surface area (Å²) in [5.41, 5.74) is 1.32. The van der Waals surface area contributed by atoms with Crippen molar-refractivity contribution in [3.05, 3.63) is 63.6 Å². The smallest absolute Gasteiger partial charge is 0.387 e. The van der Waals surface area contributed by atoms with Crippen molar-refractivity contribution in [2.45, 2.75) is 13.2 Å². The lowest BCUT2D eigenvalue weighted by Gasteiger charge is -2.06. The van der Waals surface area contributed by atoms with Crippen molar-refractivity contribution in [1.82, 2.24) is 5.32 Å². The molecule has 0 aliphatic carbocycles. The van der Waals surface area contributed by atoms with E-state index in [-0.39, 0.29) is 24.8 Å². The second-order valence-electron chi connectivity index (χ2n) is 4.97. The van der Waals surface area contributed by atoms with Crippen LogP contribution in [0.4, 0.5) is 8.78 Å². The molecule has 0 heterocycles. The van der Waals surface area contributed by atoms with Gasteiger partial charge in [-0.3, -0.25) is 4.79 Å². The zero-order chi connectivity index (χ0) is 18.9. The van der Waals surface area contributed by atoms with Crippen LogP contribution in [0, 0.1) is 0 Å². The van der Waals surface area contributed by atoms with Crippen molar-refractivity contribution in [3.8, 4) is 5.75 Å². The molecule has 1 amide bonds. The highest BCUT2D eigenvalue weighted by molar-refractivity contribution is 6.35. The third kappa shape index (κ3) is 6.85. The van der Waals surface area contributed by atoms with Crippen LogP contribution in [0.2, 0.25) is 10.0 Å². The van der Waals surface area contributed by atoms with Crippen molar-refractivity contribution in [1.29, 1.82) is 0 Å². The number of nitrogens with one attached hydrogen (secondary N) is 1. The number of halogens is 4. The van der Waals surface area contributed by atoms with Crippen molar-refractivity contribution in [2.75, 3.05) is 6.61 Å². The van der Waals surface area contributed by atoms with E-state index in [1.807, 2.05) is 0 Å². The maximum Gasteiger partial charge on any atom is 0.387 e. The topological polar surface area (TPSA) is 59.9 Å². The Balaban J connectivity index is 1.73.